The number of benzene rings is 2. The van der Waals surface area contributed by atoms with Gasteiger partial charge in [0.15, 0.2) is 16.9 Å². The highest BCUT2D eigenvalue weighted by Crippen LogP contribution is 2.30. The number of hydrogen-bond acceptors (Lipinski definition) is 7. The van der Waals surface area contributed by atoms with E-state index in [1.165, 1.54) is 13.2 Å². The Morgan fingerprint density at radius 2 is 2.08 bits per heavy atom. The van der Waals surface area contributed by atoms with Crippen LogP contribution in [-0.2, 0) is 33.6 Å². The minimum absolute atomic E-state index is 0.0309. The Bertz CT molecular complexity index is 1310. The standard InChI is InChI=1S/C26H30FN5O4S/c1-29-18-5-8-23(37(34)35)17(12-18)14-31-26(33)24(16-3-7-21(27)22(13-16)36-2)32-19-4-6-20-15(11-19)9-10-30-25(20)28/h3-8,11-12,16,24,29,32H,9-10,13-14H2,1-2H3,(H2,28,30)(H,31,33)(H,34,35). The summed E-state index contributed by atoms with van der Waals surface area (Å²) in [5.74, 6) is -0.576. The smallest absolute Gasteiger partial charge is 0.243 e. The van der Waals surface area contributed by atoms with Crippen LogP contribution in [0.15, 0.2) is 70.0 Å². The average Bonchev–Trinajstić information content (AvgIpc) is 2.90. The molecule has 1 heterocycles. The molecule has 1 amide bonds. The number of anilines is 2. The van der Waals surface area contributed by atoms with E-state index in [0.717, 1.165) is 23.2 Å². The minimum atomic E-state index is -2.22. The van der Waals surface area contributed by atoms with Crippen molar-refractivity contribution in [3.63, 3.8) is 0 Å². The number of carbonyl (C=O) groups excluding carboxylic acids is 1. The lowest BCUT2D eigenvalue weighted by Crippen LogP contribution is -2.44. The van der Waals surface area contributed by atoms with Gasteiger partial charge in [0, 0.05) is 49.4 Å². The van der Waals surface area contributed by atoms with Crippen molar-refractivity contribution in [2.45, 2.75) is 30.3 Å². The van der Waals surface area contributed by atoms with Crippen LogP contribution in [0.3, 0.4) is 0 Å². The minimum Gasteiger partial charge on any atom is -0.498 e. The molecular formula is C26H30FN5O4S. The van der Waals surface area contributed by atoms with Crippen LogP contribution in [0.5, 0.6) is 0 Å². The van der Waals surface area contributed by atoms with Crippen LogP contribution in [0.1, 0.15) is 23.1 Å². The number of halogens is 1. The fourth-order valence-electron chi connectivity index (χ4n) is 4.49. The van der Waals surface area contributed by atoms with E-state index in [-0.39, 0.29) is 29.5 Å². The van der Waals surface area contributed by atoms with Crippen molar-refractivity contribution in [1.82, 2.24) is 5.32 Å². The molecule has 0 saturated heterocycles. The number of allylic oxidation sites excluding steroid dienone is 3. The van der Waals surface area contributed by atoms with Gasteiger partial charge in [0.2, 0.25) is 5.91 Å². The molecule has 0 radical (unpaired) electrons. The molecule has 0 bridgehead atoms. The highest BCUT2D eigenvalue weighted by molar-refractivity contribution is 7.79. The Kier molecular flexibility index (Phi) is 8.24. The zero-order valence-electron chi connectivity index (χ0n) is 20.6. The van der Waals surface area contributed by atoms with Gasteiger partial charge in [-0.25, -0.2) is 8.60 Å². The third-order valence-corrected chi connectivity index (χ3v) is 7.27. The maximum atomic E-state index is 14.2. The number of rotatable bonds is 9. The number of hydrogen-bond donors (Lipinski definition) is 5. The first-order chi connectivity index (χ1) is 17.8. The maximum absolute atomic E-state index is 14.2. The fraction of sp³-hybridized carbons (Fsp3) is 0.308. The Morgan fingerprint density at radius 3 is 2.81 bits per heavy atom. The van der Waals surface area contributed by atoms with Crippen LogP contribution in [0, 0.1) is 5.92 Å². The van der Waals surface area contributed by atoms with Gasteiger partial charge in [0.25, 0.3) is 0 Å². The quantitative estimate of drug-likeness (QED) is 0.316. The van der Waals surface area contributed by atoms with E-state index in [1.54, 1.807) is 31.3 Å². The Labute approximate surface area is 217 Å². The summed E-state index contributed by atoms with van der Waals surface area (Å²) >= 11 is -2.22. The van der Waals surface area contributed by atoms with Crippen molar-refractivity contribution < 1.29 is 22.7 Å². The molecule has 2 aromatic carbocycles. The van der Waals surface area contributed by atoms with Gasteiger partial charge in [-0.2, -0.15) is 0 Å². The van der Waals surface area contributed by atoms with Crippen molar-refractivity contribution in [3.8, 4) is 0 Å². The number of carbonyl (C=O) groups is 1. The molecule has 0 saturated carbocycles. The summed E-state index contributed by atoms with van der Waals surface area (Å²) in [7, 11) is 3.13. The molecule has 3 unspecified atom stereocenters. The fourth-order valence-corrected chi connectivity index (χ4v) is 5.03. The number of ether oxygens (including phenoxy) is 1. The first-order valence-electron chi connectivity index (χ1n) is 11.8. The van der Waals surface area contributed by atoms with E-state index in [9.17, 15) is 17.9 Å². The summed E-state index contributed by atoms with van der Waals surface area (Å²) in [4.78, 5) is 18.0. The second kappa shape index (κ2) is 11.6. The van der Waals surface area contributed by atoms with Crippen LogP contribution < -0.4 is 21.7 Å². The number of nitrogens with one attached hydrogen (secondary N) is 3. The highest BCUT2D eigenvalue weighted by Gasteiger charge is 2.31. The van der Waals surface area contributed by atoms with Crippen molar-refractivity contribution >= 4 is 34.2 Å². The third kappa shape index (κ3) is 6.00. The SMILES string of the molecule is CNc1ccc(S(=O)O)c(CNC(=O)C(Nc2ccc3c(c2)CCN=C3N)C2C=CC(F)=C(OC)C2)c1. The molecule has 196 valence electrons. The van der Waals surface area contributed by atoms with Crippen molar-refractivity contribution in [1.29, 1.82) is 0 Å². The van der Waals surface area contributed by atoms with Crippen molar-refractivity contribution in [3.05, 3.63) is 76.8 Å². The van der Waals surface area contributed by atoms with E-state index in [1.807, 2.05) is 18.2 Å². The zero-order chi connectivity index (χ0) is 26.5. The van der Waals surface area contributed by atoms with Crippen molar-refractivity contribution in [2.24, 2.45) is 16.6 Å². The van der Waals surface area contributed by atoms with Gasteiger partial charge in [-0.05, 0) is 60.0 Å². The molecule has 11 heteroatoms. The molecule has 0 fully saturated rings. The van der Waals surface area contributed by atoms with E-state index in [0.29, 0.717) is 23.6 Å². The van der Waals surface area contributed by atoms with Crippen LogP contribution >= 0.6 is 0 Å². The van der Waals surface area contributed by atoms with Crippen LogP contribution in [-0.4, -0.2) is 47.2 Å². The molecule has 2 aromatic rings. The number of nitrogens with zero attached hydrogens (tertiary/aromatic N) is 1. The van der Waals surface area contributed by atoms with E-state index in [4.69, 9.17) is 10.5 Å². The Balaban J connectivity index is 1.59. The first kappa shape index (κ1) is 26.4. The predicted molar refractivity (Wildman–Crippen MR) is 142 cm³/mol. The van der Waals surface area contributed by atoms with E-state index in [2.05, 4.69) is 20.9 Å². The lowest BCUT2D eigenvalue weighted by atomic mass is 9.90. The molecule has 4 rings (SSSR count). The Morgan fingerprint density at radius 1 is 1.30 bits per heavy atom. The largest absolute Gasteiger partial charge is 0.498 e. The van der Waals surface area contributed by atoms with Gasteiger partial charge in [0.1, 0.15) is 17.6 Å². The molecule has 37 heavy (non-hydrogen) atoms. The maximum Gasteiger partial charge on any atom is 0.243 e. The molecule has 9 nitrogen and oxygen atoms in total. The van der Waals surface area contributed by atoms with Crippen LogP contribution in [0.4, 0.5) is 15.8 Å². The third-order valence-electron chi connectivity index (χ3n) is 6.49. The summed E-state index contributed by atoms with van der Waals surface area (Å²) in [6, 6.07) is 9.81. The number of aliphatic imine (C=N–C) groups is 1. The molecule has 1 aliphatic carbocycles. The highest BCUT2D eigenvalue weighted by atomic mass is 32.2. The zero-order valence-corrected chi connectivity index (χ0v) is 21.4. The normalized spacial score (nSPS) is 18.4. The summed E-state index contributed by atoms with van der Waals surface area (Å²) in [5.41, 5.74) is 9.87. The summed E-state index contributed by atoms with van der Waals surface area (Å²) < 4.78 is 40.9. The lowest BCUT2D eigenvalue weighted by Gasteiger charge is -2.29. The molecule has 1 aliphatic heterocycles. The first-order valence-corrected chi connectivity index (χ1v) is 12.9. The monoisotopic (exact) mass is 527 g/mol. The van der Waals surface area contributed by atoms with E-state index >= 15 is 0 Å². The molecule has 6 N–H and O–H groups in total. The molecular weight excluding hydrogens is 497 g/mol. The number of nitrogens with two attached hydrogens (primary N) is 1. The molecule has 0 aromatic heterocycles. The molecule has 0 spiro atoms. The number of amides is 1. The van der Waals surface area contributed by atoms with Gasteiger partial charge >= 0.3 is 0 Å². The Hall–Kier alpha value is -3.70. The second-order valence-electron chi connectivity index (χ2n) is 8.75. The number of methoxy groups -OCH3 is 1. The van der Waals surface area contributed by atoms with E-state index < -0.39 is 28.9 Å². The van der Waals surface area contributed by atoms with Gasteiger partial charge in [-0.1, -0.05) is 6.08 Å². The average molecular weight is 528 g/mol. The van der Waals surface area contributed by atoms with Gasteiger partial charge in [-0.3, -0.25) is 9.79 Å². The summed E-state index contributed by atoms with van der Waals surface area (Å²) in [6.45, 7) is 0.627. The topological polar surface area (TPSA) is 138 Å². The van der Waals surface area contributed by atoms with Crippen LogP contribution in [0.2, 0.25) is 0 Å². The number of fused-ring (bicyclic) bond motifs is 1. The van der Waals surface area contributed by atoms with Gasteiger partial charge in [0.05, 0.1) is 12.0 Å². The second-order valence-corrected chi connectivity index (χ2v) is 9.69. The van der Waals surface area contributed by atoms with Crippen molar-refractivity contribution in [2.75, 3.05) is 31.3 Å². The summed E-state index contributed by atoms with van der Waals surface area (Å²) in [6.07, 6.45) is 3.88. The number of amidine groups is 1. The van der Waals surface area contributed by atoms with Gasteiger partial charge < -0.3 is 31.0 Å². The molecule has 3 atom stereocenters. The summed E-state index contributed by atoms with van der Waals surface area (Å²) in [5, 5.41) is 9.17. The molecule has 2 aliphatic rings. The predicted octanol–water partition coefficient (Wildman–Crippen LogP) is 3.07. The lowest BCUT2D eigenvalue weighted by molar-refractivity contribution is -0.122. The van der Waals surface area contributed by atoms with Crippen LogP contribution in [0.25, 0.3) is 0 Å². The van der Waals surface area contributed by atoms with Gasteiger partial charge in [-0.15, -0.1) is 0 Å².